The van der Waals surface area contributed by atoms with Crippen LogP contribution in [0.25, 0.3) is 6.08 Å². The Morgan fingerprint density at radius 2 is 1.66 bits per heavy atom. The summed E-state index contributed by atoms with van der Waals surface area (Å²) < 4.78 is 10.9. The van der Waals surface area contributed by atoms with Crippen LogP contribution in [0.4, 0.5) is 0 Å². The fraction of sp³-hybridized carbons (Fsp3) is 0.318. The van der Waals surface area contributed by atoms with Crippen molar-refractivity contribution >= 4 is 11.8 Å². The molecule has 0 atom stereocenters. The van der Waals surface area contributed by atoms with E-state index in [-0.39, 0.29) is 17.0 Å². The molecule has 3 rings (SSSR count). The van der Waals surface area contributed by atoms with Crippen molar-refractivity contribution < 1.29 is 19.5 Å². The van der Waals surface area contributed by atoms with Gasteiger partial charge >= 0.3 is 0 Å². The Morgan fingerprint density at radius 1 is 1.07 bits per heavy atom. The Labute approximate surface area is 170 Å². The molecule has 0 saturated carbocycles. The van der Waals surface area contributed by atoms with E-state index in [1.807, 2.05) is 30.2 Å². The van der Waals surface area contributed by atoms with Crippen molar-refractivity contribution in [3.05, 3.63) is 75.0 Å². The van der Waals surface area contributed by atoms with E-state index in [2.05, 4.69) is 13.8 Å². The van der Waals surface area contributed by atoms with Crippen LogP contribution >= 0.6 is 0 Å². The van der Waals surface area contributed by atoms with Gasteiger partial charge in [-0.3, -0.25) is 0 Å². The summed E-state index contributed by atoms with van der Waals surface area (Å²) in [7, 11) is 5.11. The van der Waals surface area contributed by atoms with E-state index < -0.39 is 4.90 Å². The Bertz CT molecular complexity index is 961. The summed E-state index contributed by atoms with van der Waals surface area (Å²) in [6, 6.07) is 3.86. The molecular weight excluding hydrogens is 372 g/mol. The van der Waals surface area contributed by atoms with Crippen LogP contribution < -0.4 is 9.47 Å². The lowest BCUT2D eigenvalue weighted by atomic mass is 9.92. The third kappa shape index (κ3) is 3.81. The van der Waals surface area contributed by atoms with Crippen molar-refractivity contribution in [2.24, 2.45) is 0 Å². The SMILES string of the molecule is COc1cc2c(cc1OC)CC(C)(C)N(C)C(C(O)=C1C=CC(=[N+]([O-])[O-])C=C1)=C2. The number of aliphatic hydroxyl groups excluding tert-OH is 1. The number of rotatable bonds is 3. The van der Waals surface area contributed by atoms with E-state index in [1.54, 1.807) is 26.4 Å². The summed E-state index contributed by atoms with van der Waals surface area (Å²) in [5.41, 5.74) is 2.80. The summed E-state index contributed by atoms with van der Waals surface area (Å²) in [5.74, 6) is 1.32. The van der Waals surface area contributed by atoms with Gasteiger partial charge in [0.1, 0.15) is 5.76 Å². The van der Waals surface area contributed by atoms with Crippen molar-refractivity contribution in [2.75, 3.05) is 21.3 Å². The number of methoxy groups -OCH3 is 2. The molecule has 1 heterocycles. The molecule has 1 aromatic rings. The van der Waals surface area contributed by atoms with Gasteiger partial charge < -0.3 is 29.9 Å². The Hall–Kier alpha value is -3.35. The standard InChI is InChI=1S/C22H25N2O5/c1-22(2)13-16-12-20(29-5)19(28-4)11-15(16)10-18(23(22)3)21(25)14-6-8-17(9-7-14)24(26)27/h6-12H,13H2,1-5H3,(H-,25,26,27)/q-1. The van der Waals surface area contributed by atoms with Crippen LogP contribution in [0.5, 0.6) is 11.5 Å². The molecule has 0 unspecified atom stereocenters. The predicted molar refractivity (Wildman–Crippen MR) is 113 cm³/mol. The number of nitrogens with zero attached hydrogens (tertiary/aromatic N) is 2. The second-order valence-electron chi connectivity index (χ2n) is 7.64. The van der Waals surface area contributed by atoms with Gasteiger partial charge in [-0.15, -0.1) is 0 Å². The second kappa shape index (κ2) is 7.58. The summed E-state index contributed by atoms with van der Waals surface area (Å²) in [5, 5.41) is 32.9. The first-order valence-electron chi connectivity index (χ1n) is 9.19. The zero-order chi connectivity index (χ0) is 21.3. The van der Waals surface area contributed by atoms with Gasteiger partial charge in [-0.25, -0.2) is 0 Å². The zero-order valence-electron chi connectivity index (χ0n) is 17.2. The fourth-order valence-corrected chi connectivity index (χ4v) is 3.50. The van der Waals surface area contributed by atoms with Crippen molar-refractivity contribution in [3.63, 3.8) is 0 Å². The molecular formula is C22H25N2O5-. The molecule has 0 bridgehead atoms. The molecule has 1 aliphatic heterocycles. The van der Waals surface area contributed by atoms with Crippen LogP contribution in [-0.4, -0.2) is 47.4 Å². The van der Waals surface area contributed by atoms with Gasteiger partial charge in [-0.05, 0) is 61.8 Å². The molecule has 0 aromatic heterocycles. The van der Waals surface area contributed by atoms with Crippen LogP contribution in [0.2, 0.25) is 0 Å². The molecule has 2 aliphatic rings. The van der Waals surface area contributed by atoms with Crippen LogP contribution in [0.15, 0.2) is 53.5 Å². The van der Waals surface area contributed by atoms with Crippen LogP contribution in [0.1, 0.15) is 25.0 Å². The Morgan fingerprint density at radius 3 is 2.21 bits per heavy atom. The van der Waals surface area contributed by atoms with Gasteiger partial charge in [0.15, 0.2) is 11.5 Å². The second-order valence-corrected chi connectivity index (χ2v) is 7.64. The predicted octanol–water partition coefficient (Wildman–Crippen LogP) is 3.70. The first-order valence-corrected chi connectivity index (χ1v) is 9.19. The van der Waals surface area contributed by atoms with E-state index in [0.717, 1.165) is 17.5 Å². The van der Waals surface area contributed by atoms with Crippen LogP contribution in [0, 0.1) is 10.4 Å². The van der Waals surface area contributed by atoms with Crippen LogP contribution in [0.3, 0.4) is 0 Å². The fourth-order valence-electron chi connectivity index (χ4n) is 3.50. The van der Waals surface area contributed by atoms with Crippen molar-refractivity contribution in [3.8, 4) is 11.5 Å². The smallest absolute Gasteiger partial charge is 0.222 e. The molecule has 1 N–H and O–H groups in total. The molecule has 0 amide bonds. The first kappa shape index (κ1) is 20.4. The Balaban J connectivity index is 2.16. The third-order valence-electron chi connectivity index (χ3n) is 5.42. The van der Waals surface area contributed by atoms with E-state index >= 15 is 0 Å². The lowest BCUT2D eigenvalue weighted by molar-refractivity contribution is -0.377. The monoisotopic (exact) mass is 397 g/mol. The lowest BCUT2D eigenvalue weighted by Crippen LogP contribution is -2.42. The number of hydrogen-bond donors (Lipinski definition) is 1. The molecule has 29 heavy (non-hydrogen) atoms. The van der Waals surface area contributed by atoms with Crippen LogP contribution in [-0.2, 0) is 6.42 Å². The maximum Gasteiger partial charge on any atom is 0.222 e. The van der Waals surface area contributed by atoms with E-state index in [9.17, 15) is 15.5 Å². The van der Waals surface area contributed by atoms with Gasteiger partial charge in [0, 0.05) is 30.3 Å². The molecule has 154 valence electrons. The highest BCUT2D eigenvalue weighted by Crippen LogP contribution is 2.39. The van der Waals surface area contributed by atoms with Crippen molar-refractivity contribution in [1.29, 1.82) is 0 Å². The number of likely N-dealkylation sites (N-methyl/N-ethyl adjacent to an activating group) is 1. The summed E-state index contributed by atoms with van der Waals surface area (Å²) in [4.78, 5) is 1.56. The van der Waals surface area contributed by atoms with Crippen molar-refractivity contribution in [2.45, 2.75) is 25.8 Å². The molecule has 1 aromatic carbocycles. The quantitative estimate of drug-likeness (QED) is 0.475. The first-order chi connectivity index (χ1) is 13.7. The molecule has 7 heteroatoms. The van der Waals surface area contributed by atoms with E-state index in [0.29, 0.717) is 22.8 Å². The molecule has 0 spiro atoms. The summed E-state index contributed by atoms with van der Waals surface area (Å²) in [6.07, 6.45) is 8.51. The third-order valence-corrected chi connectivity index (χ3v) is 5.42. The minimum absolute atomic E-state index is 0.0211. The minimum Gasteiger partial charge on any atom is -0.612 e. The van der Waals surface area contributed by atoms with Crippen molar-refractivity contribution in [1.82, 2.24) is 4.90 Å². The number of benzene rings is 1. The van der Waals surface area contributed by atoms with E-state index in [4.69, 9.17) is 9.47 Å². The number of fused-ring (bicyclic) bond motifs is 1. The average molecular weight is 397 g/mol. The largest absolute Gasteiger partial charge is 0.612 e. The highest BCUT2D eigenvalue weighted by Gasteiger charge is 2.32. The number of hydrogen-bond acceptors (Lipinski definition) is 6. The maximum atomic E-state index is 11.0. The average Bonchev–Trinajstić information content (AvgIpc) is 2.80. The number of ether oxygens (including phenoxy) is 2. The molecule has 0 saturated heterocycles. The molecule has 1 aliphatic carbocycles. The van der Waals surface area contributed by atoms with Gasteiger partial charge in [0.25, 0.3) is 0 Å². The van der Waals surface area contributed by atoms with Gasteiger partial charge in [0.2, 0.25) is 5.71 Å². The number of allylic oxidation sites excluding steroid dienone is 5. The zero-order valence-corrected chi connectivity index (χ0v) is 17.2. The Kier molecular flexibility index (Phi) is 5.33. The summed E-state index contributed by atoms with van der Waals surface area (Å²) in [6.45, 7) is 4.19. The normalized spacial score (nSPS) is 17.4. The maximum absolute atomic E-state index is 11.0. The summed E-state index contributed by atoms with van der Waals surface area (Å²) >= 11 is 0. The number of aliphatic hydroxyl groups is 1. The highest BCUT2D eigenvalue weighted by molar-refractivity contribution is 6.02. The highest BCUT2D eigenvalue weighted by atomic mass is 16.8. The topological polar surface area (TPSA) is 91.1 Å². The molecule has 7 nitrogen and oxygen atoms in total. The van der Waals surface area contributed by atoms with Gasteiger partial charge in [-0.2, -0.15) is 4.90 Å². The van der Waals surface area contributed by atoms with Gasteiger partial charge in [-0.1, -0.05) is 0 Å². The lowest BCUT2D eigenvalue weighted by Gasteiger charge is -2.38. The molecule has 0 radical (unpaired) electrons. The van der Waals surface area contributed by atoms with E-state index in [1.165, 1.54) is 12.2 Å². The molecule has 0 fully saturated rings. The van der Waals surface area contributed by atoms with Gasteiger partial charge in [0.05, 0.1) is 19.9 Å². The minimum atomic E-state index is -0.461.